The molecule has 0 bridgehead atoms. The van der Waals surface area contributed by atoms with Crippen LogP contribution in [0.5, 0.6) is 0 Å². The van der Waals surface area contributed by atoms with Crippen LogP contribution in [0.4, 0.5) is 26.7 Å². The summed E-state index contributed by atoms with van der Waals surface area (Å²) in [7, 11) is 0. The van der Waals surface area contributed by atoms with E-state index in [4.69, 9.17) is 0 Å². The zero-order chi connectivity index (χ0) is 20.6. The minimum absolute atomic E-state index is 0.164. The van der Waals surface area contributed by atoms with Gasteiger partial charge in [-0.25, -0.2) is 13.6 Å². The standard InChI is InChI=1S/C14H23F5N2O2.C2H6/c1-9(2)13(15,16)8-21(10(22)6-12(3,4)5)11(23)20-7-14(17,18)19;1-2/h9H,6-8H2,1-5H3,(H,20,23);1-2H3. The molecule has 9 heteroatoms. The molecule has 0 saturated carbocycles. The molecule has 25 heavy (non-hydrogen) atoms. The van der Waals surface area contributed by atoms with Crippen LogP contribution < -0.4 is 5.32 Å². The number of hydrogen-bond acceptors (Lipinski definition) is 2. The van der Waals surface area contributed by atoms with Crippen molar-refractivity contribution < 1.29 is 31.5 Å². The highest BCUT2D eigenvalue weighted by molar-refractivity contribution is 5.94. The van der Waals surface area contributed by atoms with Crippen molar-refractivity contribution in [2.75, 3.05) is 13.1 Å². The number of hydrogen-bond donors (Lipinski definition) is 1. The number of alkyl halides is 5. The molecule has 0 heterocycles. The molecular weight excluding hydrogens is 347 g/mol. The van der Waals surface area contributed by atoms with Crippen LogP contribution in [0.15, 0.2) is 0 Å². The first-order valence-corrected chi connectivity index (χ1v) is 8.08. The van der Waals surface area contributed by atoms with E-state index < -0.39 is 48.5 Å². The van der Waals surface area contributed by atoms with Gasteiger partial charge in [-0.3, -0.25) is 9.69 Å². The molecule has 0 fully saturated rings. The Hall–Kier alpha value is -1.41. The maximum absolute atomic E-state index is 13.8. The van der Waals surface area contributed by atoms with Crippen molar-refractivity contribution in [2.24, 2.45) is 11.3 Å². The molecule has 4 nitrogen and oxygen atoms in total. The van der Waals surface area contributed by atoms with Gasteiger partial charge >= 0.3 is 12.2 Å². The molecule has 0 aromatic rings. The van der Waals surface area contributed by atoms with Crippen molar-refractivity contribution in [3.05, 3.63) is 0 Å². The van der Waals surface area contributed by atoms with Gasteiger partial charge in [0.05, 0.1) is 6.54 Å². The number of carbonyl (C=O) groups is 2. The minimum atomic E-state index is -4.70. The van der Waals surface area contributed by atoms with Crippen LogP contribution in [0.3, 0.4) is 0 Å². The van der Waals surface area contributed by atoms with E-state index in [1.807, 2.05) is 13.8 Å². The largest absolute Gasteiger partial charge is 0.405 e. The lowest BCUT2D eigenvalue weighted by Gasteiger charge is -2.30. The molecule has 0 radical (unpaired) electrons. The SMILES string of the molecule is CC.CC(C)C(F)(F)CN(C(=O)CC(C)(C)C)C(=O)NCC(F)(F)F. The number of rotatable bonds is 5. The summed E-state index contributed by atoms with van der Waals surface area (Å²) in [5, 5.41) is 1.46. The number of carbonyl (C=O) groups excluding carboxylic acids is 2. The molecule has 0 saturated heterocycles. The van der Waals surface area contributed by atoms with Crippen LogP contribution in [0.2, 0.25) is 0 Å². The molecule has 0 aromatic carbocycles. The fraction of sp³-hybridized carbons (Fsp3) is 0.875. The van der Waals surface area contributed by atoms with E-state index >= 15 is 0 Å². The summed E-state index contributed by atoms with van der Waals surface area (Å²) in [6.07, 6.45) is -4.95. The van der Waals surface area contributed by atoms with E-state index in [9.17, 15) is 31.5 Å². The summed E-state index contributed by atoms with van der Waals surface area (Å²) in [5.41, 5.74) is -0.604. The van der Waals surface area contributed by atoms with Crippen molar-refractivity contribution in [3.63, 3.8) is 0 Å². The highest BCUT2D eigenvalue weighted by atomic mass is 19.4. The fourth-order valence-corrected chi connectivity index (χ4v) is 1.49. The Labute approximate surface area is 146 Å². The van der Waals surface area contributed by atoms with Gasteiger partial charge in [0.2, 0.25) is 5.91 Å². The highest BCUT2D eigenvalue weighted by Gasteiger charge is 2.40. The molecule has 1 N–H and O–H groups in total. The molecule has 0 aliphatic heterocycles. The second kappa shape index (κ2) is 9.91. The Morgan fingerprint density at radius 2 is 1.44 bits per heavy atom. The van der Waals surface area contributed by atoms with Gasteiger partial charge in [0.25, 0.3) is 5.92 Å². The van der Waals surface area contributed by atoms with Crippen LogP contribution in [0, 0.1) is 11.3 Å². The molecular formula is C16H29F5N2O2. The number of imide groups is 1. The molecule has 0 aromatic heterocycles. The number of amides is 3. The topological polar surface area (TPSA) is 49.4 Å². The van der Waals surface area contributed by atoms with E-state index in [-0.39, 0.29) is 11.3 Å². The molecule has 0 atom stereocenters. The second-order valence-electron chi connectivity index (χ2n) is 6.91. The molecule has 0 aliphatic rings. The van der Waals surface area contributed by atoms with Crippen LogP contribution in [-0.2, 0) is 4.79 Å². The summed E-state index contributed by atoms with van der Waals surface area (Å²) in [4.78, 5) is 24.0. The van der Waals surface area contributed by atoms with Crippen LogP contribution >= 0.6 is 0 Å². The Bertz CT molecular complexity index is 429. The molecule has 3 amide bonds. The Morgan fingerprint density at radius 3 is 1.76 bits per heavy atom. The number of urea groups is 1. The van der Waals surface area contributed by atoms with Crippen LogP contribution in [0.1, 0.15) is 54.9 Å². The van der Waals surface area contributed by atoms with Gasteiger partial charge in [-0.2, -0.15) is 13.2 Å². The summed E-state index contributed by atoms with van der Waals surface area (Å²) < 4.78 is 64.1. The van der Waals surface area contributed by atoms with Crippen molar-refractivity contribution in [1.82, 2.24) is 10.2 Å². The minimum Gasteiger partial charge on any atom is -0.328 e. The normalized spacial score (nSPS) is 12.4. The number of nitrogens with zero attached hydrogens (tertiary/aromatic N) is 1. The van der Waals surface area contributed by atoms with Crippen molar-refractivity contribution in [1.29, 1.82) is 0 Å². The van der Waals surface area contributed by atoms with Gasteiger partial charge in [0.1, 0.15) is 6.54 Å². The van der Waals surface area contributed by atoms with Gasteiger partial charge in [0.15, 0.2) is 0 Å². The van der Waals surface area contributed by atoms with Gasteiger partial charge in [-0.1, -0.05) is 48.5 Å². The predicted octanol–water partition coefficient (Wildman–Crippen LogP) is 4.84. The lowest BCUT2D eigenvalue weighted by molar-refractivity contribution is -0.138. The Balaban J connectivity index is 0. The Kier molecular flexibility index (Phi) is 10.2. The first-order valence-electron chi connectivity index (χ1n) is 8.08. The van der Waals surface area contributed by atoms with E-state index in [0.29, 0.717) is 0 Å². The summed E-state index contributed by atoms with van der Waals surface area (Å²) in [5.74, 6) is -5.52. The molecule has 0 rings (SSSR count). The fourth-order valence-electron chi connectivity index (χ4n) is 1.49. The van der Waals surface area contributed by atoms with Crippen LogP contribution in [0.25, 0.3) is 0 Å². The van der Waals surface area contributed by atoms with Gasteiger partial charge in [-0.15, -0.1) is 0 Å². The summed E-state index contributed by atoms with van der Waals surface area (Å²) in [6, 6.07) is -1.48. The maximum atomic E-state index is 13.8. The van der Waals surface area contributed by atoms with Crippen molar-refractivity contribution >= 4 is 11.9 Å². The zero-order valence-corrected chi connectivity index (χ0v) is 15.9. The average Bonchev–Trinajstić information content (AvgIpc) is 2.41. The quantitative estimate of drug-likeness (QED) is 0.698. The Morgan fingerprint density at radius 1 is 1.00 bits per heavy atom. The summed E-state index contributed by atoms with van der Waals surface area (Å²) >= 11 is 0. The number of halogens is 5. The summed E-state index contributed by atoms with van der Waals surface area (Å²) in [6.45, 7) is 8.38. The smallest absolute Gasteiger partial charge is 0.328 e. The second-order valence-corrected chi connectivity index (χ2v) is 6.91. The third-order valence-corrected chi connectivity index (χ3v) is 2.88. The molecule has 150 valence electrons. The van der Waals surface area contributed by atoms with Gasteiger partial charge in [0, 0.05) is 12.3 Å². The number of nitrogens with one attached hydrogen (secondary N) is 1. The lowest BCUT2D eigenvalue weighted by Crippen LogP contribution is -2.52. The van der Waals surface area contributed by atoms with Crippen molar-refractivity contribution in [3.8, 4) is 0 Å². The van der Waals surface area contributed by atoms with E-state index in [1.54, 1.807) is 20.8 Å². The van der Waals surface area contributed by atoms with Crippen LogP contribution in [-0.4, -0.2) is 42.0 Å². The average molecular weight is 376 g/mol. The third kappa shape index (κ3) is 11.7. The molecule has 0 unspecified atom stereocenters. The van der Waals surface area contributed by atoms with E-state index in [2.05, 4.69) is 0 Å². The monoisotopic (exact) mass is 376 g/mol. The maximum Gasteiger partial charge on any atom is 0.405 e. The van der Waals surface area contributed by atoms with Gasteiger partial charge in [-0.05, 0) is 5.41 Å². The first-order chi connectivity index (χ1) is 11.1. The van der Waals surface area contributed by atoms with E-state index in [1.165, 1.54) is 19.2 Å². The lowest BCUT2D eigenvalue weighted by atomic mass is 9.91. The molecule has 0 spiro atoms. The highest BCUT2D eigenvalue weighted by Crippen LogP contribution is 2.27. The van der Waals surface area contributed by atoms with E-state index in [0.717, 1.165) is 0 Å². The first kappa shape index (κ1) is 25.8. The van der Waals surface area contributed by atoms with Crippen molar-refractivity contribution in [2.45, 2.75) is 67.0 Å². The third-order valence-electron chi connectivity index (χ3n) is 2.88. The predicted molar refractivity (Wildman–Crippen MR) is 86.4 cm³/mol. The zero-order valence-electron chi connectivity index (χ0n) is 15.9. The van der Waals surface area contributed by atoms with Gasteiger partial charge < -0.3 is 5.32 Å². The molecule has 0 aliphatic carbocycles.